The van der Waals surface area contributed by atoms with Crippen LogP contribution >= 0.6 is 0 Å². The van der Waals surface area contributed by atoms with Gasteiger partial charge in [0.2, 0.25) is 0 Å². The molecule has 0 unspecified atom stereocenters. The first-order chi connectivity index (χ1) is 21.9. The topological polar surface area (TPSA) is 95.5 Å². The third-order valence-electron chi connectivity index (χ3n) is 7.87. The van der Waals surface area contributed by atoms with Crippen molar-refractivity contribution in [2.75, 3.05) is 0 Å². The Hall–Kier alpha value is -6.62. The molecule has 0 fully saturated rings. The van der Waals surface area contributed by atoms with E-state index >= 15 is 0 Å². The summed E-state index contributed by atoms with van der Waals surface area (Å²) in [6, 6.07) is 37.8. The number of nitrogens with zero attached hydrogens (tertiary/aromatic N) is 7. The van der Waals surface area contributed by atoms with Crippen molar-refractivity contribution >= 4 is 27.5 Å². The number of rotatable bonds is 4. The van der Waals surface area contributed by atoms with E-state index in [9.17, 15) is 10.5 Å². The smallest absolute Gasteiger partial charge is 0.187 e. The first-order valence-corrected chi connectivity index (χ1v) is 14.3. The normalized spacial score (nSPS) is 10.8. The molecule has 0 aliphatic heterocycles. The van der Waals surface area contributed by atoms with Crippen molar-refractivity contribution in [3.05, 3.63) is 137 Å². The zero-order valence-electron chi connectivity index (χ0n) is 24.4. The lowest BCUT2D eigenvalue weighted by atomic mass is 10.0. The molecule has 0 aliphatic rings. The van der Waals surface area contributed by atoms with Crippen LogP contribution in [-0.4, -0.2) is 19.5 Å². The summed E-state index contributed by atoms with van der Waals surface area (Å²) in [5.74, 6) is 1.74. The van der Waals surface area contributed by atoms with Gasteiger partial charge in [0.1, 0.15) is 11.6 Å². The van der Waals surface area contributed by atoms with Crippen LogP contribution in [0.4, 0.5) is 5.69 Å². The van der Waals surface area contributed by atoms with Crippen molar-refractivity contribution in [3.63, 3.8) is 0 Å². The molecule has 0 aliphatic carbocycles. The van der Waals surface area contributed by atoms with Gasteiger partial charge in [-0.05, 0) is 84.6 Å². The molecule has 2 heterocycles. The Bertz CT molecular complexity index is 2310. The van der Waals surface area contributed by atoms with Gasteiger partial charge < -0.3 is 4.57 Å². The molecule has 0 amide bonds. The minimum absolute atomic E-state index is 0.505. The fraction of sp³-hybridized carbons (Fsp3) is 0.0526. The van der Waals surface area contributed by atoms with Crippen LogP contribution in [0.2, 0.25) is 0 Å². The molecule has 2 aromatic heterocycles. The van der Waals surface area contributed by atoms with Gasteiger partial charge in [0.25, 0.3) is 0 Å². The molecule has 210 valence electrons. The van der Waals surface area contributed by atoms with Crippen molar-refractivity contribution in [1.82, 2.24) is 19.5 Å². The molecule has 7 nitrogen and oxygen atoms in total. The van der Waals surface area contributed by atoms with E-state index in [-0.39, 0.29) is 0 Å². The highest BCUT2D eigenvalue weighted by Gasteiger charge is 2.20. The van der Waals surface area contributed by atoms with Gasteiger partial charge in [-0.3, -0.25) is 0 Å². The van der Waals surface area contributed by atoms with Crippen molar-refractivity contribution in [3.8, 4) is 51.5 Å². The third-order valence-corrected chi connectivity index (χ3v) is 7.87. The maximum atomic E-state index is 9.97. The third kappa shape index (κ3) is 4.83. The molecule has 0 bridgehead atoms. The van der Waals surface area contributed by atoms with Gasteiger partial charge in [0.05, 0.1) is 46.6 Å². The van der Waals surface area contributed by atoms with Gasteiger partial charge in [-0.25, -0.2) is 19.8 Å². The Morgan fingerprint density at radius 3 is 1.82 bits per heavy atom. The Morgan fingerprint density at radius 1 is 0.622 bits per heavy atom. The highest BCUT2D eigenvalue weighted by atomic mass is 15.0. The molecule has 7 aromatic rings. The number of nitriles is 2. The highest BCUT2D eigenvalue weighted by Crippen LogP contribution is 2.39. The van der Waals surface area contributed by atoms with Gasteiger partial charge in [-0.1, -0.05) is 54.6 Å². The molecule has 0 N–H and O–H groups in total. The van der Waals surface area contributed by atoms with E-state index in [0.717, 1.165) is 55.3 Å². The van der Waals surface area contributed by atoms with Gasteiger partial charge in [0.15, 0.2) is 11.5 Å². The van der Waals surface area contributed by atoms with Gasteiger partial charge in [-0.2, -0.15) is 10.5 Å². The summed E-state index contributed by atoms with van der Waals surface area (Å²) in [6.45, 7) is 11.2. The zero-order valence-corrected chi connectivity index (χ0v) is 24.4. The van der Waals surface area contributed by atoms with Crippen molar-refractivity contribution in [1.29, 1.82) is 10.5 Å². The lowest BCUT2D eigenvalue weighted by Gasteiger charge is -2.15. The minimum atomic E-state index is 0.505. The predicted molar refractivity (Wildman–Crippen MR) is 176 cm³/mol. The van der Waals surface area contributed by atoms with Gasteiger partial charge in [0, 0.05) is 16.3 Å². The molecular formula is C38H23N7. The van der Waals surface area contributed by atoms with Gasteiger partial charge in [-0.15, -0.1) is 0 Å². The molecule has 0 radical (unpaired) electrons. The van der Waals surface area contributed by atoms with Crippen LogP contribution in [0.3, 0.4) is 0 Å². The monoisotopic (exact) mass is 577 g/mol. The van der Waals surface area contributed by atoms with Crippen LogP contribution < -0.4 is 0 Å². The average molecular weight is 578 g/mol. The van der Waals surface area contributed by atoms with E-state index in [1.165, 1.54) is 0 Å². The van der Waals surface area contributed by atoms with Gasteiger partial charge >= 0.3 is 0 Å². The van der Waals surface area contributed by atoms with Crippen LogP contribution in [0.15, 0.2) is 103 Å². The predicted octanol–water partition coefficient (Wildman–Crippen LogP) is 8.88. The first-order valence-electron chi connectivity index (χ1n) is 14.3. The van der Waals surface area contributed by atoms with Crippen LogP contribution in [0.25, 0.3) is 66.0 Å². The van der Waals surface area contributed by atoms with Crippen LogP contribution in [0, 0.1) is 43.1 Å². The fourth-order valence-corrected chi connectivity index (χ4v) is 5.87. The molecule has 0 atom stereocenters. The molecule has 0 saturated heterocycles. The van der Waals surface area contributed by atoms with E-state index in [2.05, 4.69) is 72.9 Å². The molecule has 7 rings (SSSR count). The summed E-state index contributed by atoms with van der Waals surface area (Å²) in [7, 11) is 0. The summed E-state index contributed by atoms with van der Waals surface area (Å²) < 4.78 is 2.16. The number of aryl methyl sites for hydroxylation is 2. The summed E-state index contributed by atoms with van der Waals surface area (Å²) in [4.78, 5) is 17.4. The zero-order chi connectivity index (χ0) is 31.1. The van der Waals surface area contributed by atoms with E-state index in [0.29, 0.717) is 34.3 Å². The van der Waals surface area contributed by atoms with Crippen LogP contribution in [-0.2, 0) is 0 Å². The summed E-state index contributed by atoms with van der Waals surface area (Å²) in [5.41, 5.74) is 8.82. The Balaban J connectivity index is 1.59. The number of hydrogen-bond acceptors (Lipinski definition) is 5. The number of hydrogen-bond donors (Lipinski definition) is 0. The summed E-state index contributed by atoms with van der Waals surface area (Å²) in [5, 5.41) is 21.6. The van der Waals surface area contributed by atoms with E-state index < -0.39 is 0 Å². The van der Waals surface area contributed by atoms with E-state index in [4.69, 9.17) is 6.57 Å². The molecule has 7 heteroatoms. The number of fused-ring (bicyclic) bond motifs is 3. The summed E-state index contributed by atoms with van der Waals surface area (Å²) >= 11 is 0. The molecule has 0 saturated carbocycles. The van der Waals surface area contributed by atoms with Crippen molar-refractivity contribution in [2.24, 2.45) is 0 Å². The van der Waals surface area contributed by atoms with E-state index in [1.807, 2.05) is 62.4 Å². The fourth-order valence-electron chi connectivity index (χ4n) is 5.87. The van der Waals surface area contributed by atoms with Crippen molar-refractivity contribution < 1.29 is 0 Å². The molecule has 0 spiro atoms. The SMILES string of the molecule is [C-]#[N+]c1cccc(-c2ccc3c4ccc(-c5cccc(C#N)c5)cc4n(-c4cc(C#N)ccc4-c4nc(C)nc(C)n4)c3c2)c1. The number of benzene rings is 5. The van der Waals surface area contributed by atoms with Crippen molar-refractivity contribution in [2.45, 2.75) is 13.8 Å². The lowest BCUT2D eigenvalue weighted by molar-refractivity contribution is 0.926. The maximum absolute atomic E-state index is 9.97. The Kier molecular flexibility index (Phi) is 6.59. The minimum Gasteiger partial charge on any atom is -0.308 e. The second-order valence-corrected chi connectivity index (χ2v) is 10.8. The average Bonchev–Trinajstić information content (AvgIpc) is 3.40. The molecule has 5 aromatic carbocycles. The second-order valence-electron chi connectivity index (χ2n) is 10.8. The Labute approximate surface area is 259 Å². The molecule has 45 heavy (non-hydrogen) atoms. The Morgan fingerprint density at radius 2 is 1.20 bits per heavy atom. The molecular weight excluding hydrogens is 554 g/mol. The standard InChI is InChI=1S/C38H23N7/c1-23-42-24(2)44-38(43-23)34-13-10-26(22-40)17-35(34)45-36-19-29(27-7-4-6-25(16-27)21-39)11-14-32(36)33-15-12-30(20-37(33)45)28-8-5-9-31(18-28)41-3/h4-20H,1-2H3. The maximum Gasteiger partial charge on any atom is 0.187 e. The lowest BCUT2D eigenvalue weighted by Crippen LogP contribution is -2.04. The summed E-state index contributed by atoms with van der Waals surface area (Å²) in [6.07, 6.45) is 0. The van der Waals surface area contributed by atoms with Crippen LogP contribution in [0.5, 0.6) is 0 Å². The highest BCUT2D eigenvalue weighted by molar-refractivity contribution is 6.11. The largest absolute Gasteiger partial charge is 0.308 e. The first kappa shape index (κ1) is 27.2. The van der Waals surface area contributed by atoms with Crippen LogP contribution in [0.1, 0.15) is 22.8 Å². The van der Waals surface area contributed by atoms with E-state index in [1.54, 1.807) is 18.2 Å². The quantitative estimate of drug-likeness (QED) is 0.195. The second kappa shape index (κ2) is 10.9. The number of aromatic nitrogens is 4.